The Morgan fingerprint density at radius 2 is 2.36 bits per heavy atom. The molecule has 2 aromatic rings. The van der Waals surface area contributed by atoms with Gasteiger partial charge < -0.3 is 10.5 Å². The van der Waals surface area contributed by atoms with Crippen molar-refractivity contribution in [3.63, 3.8) is 0 Å². The summed E-state index contributed by atoms with van der Waals surface area (Å²) in [6.45, 7) is 0.893. The zero-order chi connectivity index (χ0) is 9.97. The van der Waals surface area contributed by atoms with Crippen LogP contribution in [0.2, 0.25) is 5.02 Å². The number of nitrogens with two attached hydrogens (primary N) is 1. The second kappa shape index (κ2) is 3.86. The molecular formula is C9H10ClN3O. The molecule has 0 bridgehead atoms. The van der Waals surface area contributed by atoms with Gasteiger partial charge in [0.25, 0.3) is 0 Å². The van der Waals surface area contributed by atoms with Crippen molar-refractivity contribution in [2.75, 3.05) is 13.2 Å². The summed E-state index contributed by atoms with van der Waals surface area (Å²) in [4.78, 5) is 0. The van der Waals surface area contributed by atoms with Crippen LogP contribution in [-0.4, -0.2) is 23.3 Å². The number of ether oxygens (including phenoxy) is 1. The minimum Gasteiger partial charge on any atom is -0.475 e. The number of rotatable bonds is 3. The summed E-state index contributed by atoms with van der Waals surface area (Å²) < 4.78 is 5.34. The molecule has 0 saturated carbocycles. The maximum atomic E-state index is 6.01. The molecule has 0 aliphatic carbocycles. The predicted octanol–water partition coefficient (Wildman–Crippen LogP) is 1.55. The lowest BCUT2D eigenvalue weighted by Gasteiger charge is -2.00. The quantitative estimate of drug-likeness (QED) is 0.810. The van der Waals surface area contributed by atoms with Crippen molar-refractivity contribution in [1.82, 2.24) is 10.2 Å². The molecule has 74 valence electrons. The highest BCUT2D eigenvalue weighted by Gasteiger charge is 2.09. The van der Waals surface area contributed by atoms with Gasteiger partial charge >= 0.3 is 0 Å². The molecule has 0 amide bonds. The SMILES string of the molecule is NCCOc1n[nH]c2cccc(Cl)c12. The summed E-state index contributed by atoms with van der Waals surface area (Å²) in [5.74, 6) is 0.510. The highest BCUT2D eigenvalue weighted by atomic mass is 35.5. The van der Waals surface area contributed by atoms with E-state index in [-0.39, 0.29) is 0 Å². The van der Waals surface area contributed by atoms with Gasteiger partial charge in [0.15, 0.2) is 0 Å². The Balaban J connectivity index is 2.45. The Bertz CT molecular complexity index is 441. The van der Waals surface area contributed by atoms with Gasteiger partial charge in [-0.2, -0.15) is 0 Å². The molecule has 0 unspecified atom stereocenters. The Kier molecular flexibility index (Phi) is 2.56. The number of hydrogen-bond donors (Lipinski definition) is 2. The summed E-state index contributed by atoms with van der Waals surface area (Å²) in [6.07, 6.45) is 0. The number of fused-ring (bicyclic) bond motifs is 1. The van der Waals surface area contributed by atoms with Crippen LogP contribution in [0.5, 0.6) is 5.88 Å². The van der Waals surface area contributed by atoms with Crippen LogP contribution in [0.15, 0.2) is 18.2 Å². The summed E-state index contributed by atoms with van der Waals surface area (Å²) in [5.41, 5.74) is 6.20. The van der Waals surface area contributed by atoms with E-state index in [0.29, 0.717) is 24.1 Å². The molecular weight excluding hydrogens is 202 g/mol. The van der Waals surface area contributed by atoms with Gasteiger partial charge in [-0.05, 0) is 12.1 Å². The number of nitrogens with zero attached hydrogens (tertiary/aromatic N) is 1. The molecule has 0 aliphatic heterocycles. The van der Waals surface area contributed by atoms with Crippen molar-refractivity contribution in [3.8, 4) is 5.88 Å². The second-order valence-corrected chi connectivity index (χ2v) is 3.24. The van der Waals surface area contributed by atoms with Gasteiger partial charge in [0, 0.05) is 6.54 Å². The van der Waals surface area contributed by atoms with E-state index in [9.17, 15) is 0 Å². The van der Waals surface area contributed by atoms with Gasteiger partial charge in [-0.15, -0.1) is 5.10 Å². The Hall–Kier alpha value is -1.26. The van der Waals surface area contributed by atoms with Gasteiger partial charge in [0.1, 0.15) is 6.61 Å². The smallest absolute Gasteiger partial charge is 0.242 e. The first-order valence-corrected chi connectivity index (χ1v) is 4.66. The number of halogens is 1. The Morgan fingerprint density at radius 3 is 3.14 bits per heavy atom. The van der Waals surface area contributed by atoms with E-state index in [1.165, 1.54) is 0 Å². The molecule has 4 nitrogen and oxygen atoms in total. The van der Waals surface area contributed by atoms with Crippen molar-refractivity contribution in [1.29, 1.82) is 0 Å². The molecule has 0 aliphatic rings. The fourth-order valence-corrected chi connectivity index (χ4v) is 1.52. The molecule has 0 atom stereocenters. The normalized spacial score (nSPS) is 10.7. The van der Waals surface area contributed by atoms with E-state index in [0.717, 1.165) is 10.9 Å². The third kappa shape index (κ3) is 1.54. The van der Waals surface area contributed by atoms with E-state index in [1.54, 1.807) is 6.07 Å². The Morgan fingerprint density at radius 1 is 1.50 bits per heavy atom. The summed E-state index contributed by atoms with van der Waals surface area (Å²) >= 11 is 6.01. The highest BCUT2D eigenvalue weighted by molar-refractivity contribution is 6.35. The first-order valence-electron chi connectivity index (χ1n) is 4.28. The first-order chi connectivity index (χ1) is 6.83. The van der Waals surface area contributed by atoms with Gasteiger partial charge in [-0.1, -0.05) is 17.7 Å². The lowest BCUT2D eigenvalue weighted by Crippen LogP contribution is -2.10. The summed E-state index contributed by atoms with van der Waals surface area (Å²) in [6, 6.07) is 5.55. The lowest BCUT2D eigenvalue weighted by molar-refractivity contribution is 0.318. The summed E-state index contributed by atoms with van der Waals surface area (Å²) in [7, 11) is 0. The topological polar surface area (TPSA) is 63.9 Å². The number of benzene rings is 1. The van der Waals surface area contributed by atoms with Crippen molar-refractivity contribution in [2.45, 2.75) is 0 Å². The largest absolute Gasteiger partial charge is 0.475 e. The molecule has 0 saturated heterocycles. The van der Waals surface area contributed by atoms with Gasteiger partial charge in [0.05, 0.1) is 15.9 Å². The maximum Gasteiger partial charge on any atom is 0.242 e. The number of aromatic amines is 1. The molecule has 2 rings (SSSR count). The fourth-order valence-electron chi connectivity index (χ4n) is 1.26. The Labute approximate surface area is 86.0 Å². The maximum absolute atomic E-state index is 6.01. The average molecular weight is 212 g/mol. The highest BCUT2D eigenvalue weighted by Crippen LogP contribution is 2.29. The molecule has 1 aromatic heterocycles. The number of hydrogen-bond acceptors (Lipinski definition) is 3. The minimum atomic E-state index is 0.436. The van der Waals surface area contributed by atoms with E-state index in [2.05, 4.69) is 10.2 Å². The standard InChI is InChI=1S/C9H10ClN3O/c10-6-2-1-3-7-8(6)9(13-12-7)14-5-4-11/h1-3H,4-5,11H2,(H,12,13). The van der Waals surface area contributed by atoms with E-state index >= 15 is 0 Å². The minimum absolute atomic E-state index is 0.436. The molecule has 1 heterocycles. The van der Waals surface area contributed by atoms with E-state index in [1.807, 2.05) is 12.1 Å². The molecule has 5 heteroatoms. The van der Waals surface area contributed by atoms with Crippen LogP contribution >= 0.6 is 11.6 Å². The molecule has 3 N–H and O–H groups in total. The molecule has 14 heavy (non-hydrogen) atoms. The van der Waals surface area contributed by atoms with Crippen LogP contribution in [0.4, 0.5) is 0 Å². The second-order valence-electron chi connectivity index (χ2n) is 2.83. The third-order valence-electron chi connectivity index (χ3n) is 1.86. The first kappa shape index (κ1) is 9.30. The molecule has 0 spiro atoms. The van der Waals surface area contributed by atoms with Crippen molar-refractivity contribution in [2.24, 2.45) is 5.73 Å². The van der Waals surface area contributed by atoms with E-state index < -0.39 is 0 Å². The summed E-state index contributed by atoms with van der Waals surface area (Å²) in [5, 5.41) is 8.28. The molecule has 1 aromatic carbocycles. The van der Waals surface area contributed by atoms with Crippen molar-refractivity contribution >= 4 is 22.5 Å². The fraction of sp³-hybridized carbons (Fsp3) is 0.222. The van der Waals surface area contributed by atoms with E-state index in [4.69, 9.17) is 22.1 Å². The van der Waals surface area contributed by atoms with Crippen LogP contribution in [0.25, 0.3) is 10.9 Å². The number of aromatic nitrogens is 2. The zero-order valence-corrected chi connectivity index (χ0v) is 8.21. The third-order valence-corrected chi connectivity index (χ3v) is 2.18. The van der Waals surface area contributed by atoms with Crippen LogP contribution in [0.3, 0.4) is 0 Å². The van der Waals surface area contributed by atoms with Gasteiger partial charge in [-0.25, -0.2) is 0 Å². The number of H-pyrrole nitrogens is 1. The monoisotopic (exact) mass is 211 g/mol. The van der Waals surface area contributed by atoms with Crippen LogP contribution in [-0.2, 0) is 0 Å². The zero-order valence-electron chi connectivity index (χ0n) is 7.46. The van der Waals surface area contributed by atoms with Crippen molar-refractivity contribution in [3.05, 3.63) is 23.2 Å². The van der Waals surface area contributed by atoms with Crippen molar-refractivity contribution < 1.29 is 4.74 Å². The average Bonchev–Trinajstić information content (AvgIpc) is 2.59. The van der Waals surface area contributed by atoms with Crippen LogP contribution < -0.4 is 10.5 Å². The van der Waals surface area contributed by atoms with Gasteiger partial charge in [-0.3, -0.25) is 5.10 Å². The lowest BCUT2D eigenvalue weighted by atomic mass is 10.2. The molecule has 0 fully saturated rings. The van der Waals surface area contributed by atoms with Crippen LogP contribution in [0.1, 0.15) is 0 Å². The van der Waals surface area contributed by atoms with Gasteiger partial charge in [0.2, 0.25) is 5.88 Å². The predicted molar refractivity (Wildman–Crippen MR) is 55.7 cm³/mol. The van der Waals surface area contributed by atoms with Crippen LogP contribution in [0, 0.1) is 0 Å². The number of nitrogens with one attached hydrogen (secondary N) is 1. The molecule has 0 radical (unpaired) electrons.